The lowest BCUT2D eigenvalue weighted by Gasteiger charge is -2.21. The number of aliphatic hydroxyl groups excluding tert-OH is 1. The highest BCUT2D eigenvalue weighted by molar-refractivity contribution is 6.30. The van der Waals surface area contributed by atoms with Crippen molar-refractivity contribution < 1.29 is 9.90 Å². The van der Waals surface area contributed by atoms with Gasteiger partial charge in [-0.25, -0.2) is 0 Å². The lowest BCUT2D eigenvalue weighted by atomic mass is 9.85. The zero-order chi connectivity index (χ0) is 21.6. The molecule has 3 N–H and O–H groups in total. The third-order valence-electron chi connectivity index (χ3n) is 6.06. The highest BCUT2D eigenvalue weighted by Crippen LogP contribution is 2.33. The van der Waals surface area contributed by atoms with Gasteiger partial charge in [-0.1, -0.05) is 66.9 Å². The fourth-order valence-electron chi connectivity index (χ4n) is 4.47. The maximum atomic E-state index is 13.1. The Hall–Kier alpha value is -2.63. The number of rotatable bonds is 6. The number of aromatic amines is 1. The second kappa shape index (κ2) is 10.1. The SMILES string of the molecule is O=C(N[C@H](CO)c1ccccc1)c1n[nH]c2c1CCCCC[C@H]2Cc1cccc(Cl)c1. The van der Waals surface area contributed by atoms with Gasteiger partial charge in [0.2, 0.25) is 0 Å². The number of hydrogen-bond donors (Lipinski definition) is 3. The molecule has 1 amide bonds. The van der Waals surface area contributed by atoms with E-state index in [2.05, 4.69) is 21.6 Å². The maximum absolute atomic E-state index is 13.1. The van der Waals surface area contributed by atoms with E-state index in [-0.39, 0.29) is 18.4 Å². The van der Waals surface area contributed by atoms with Crippen LogP contribution in [0.5, 0.6) is 0 Å². The molecule has 0 aliphatic heterocycles. The summed E-state index contributed by atoms with van der Waals surface area (Å²) in [5.74, 6) is 0.0214. The van der Waals surface area contributed by atoms with Gasteiger partial charge in [0.1, 0.15) is 0 Å². The Bertz CT molecular complexity index is 1020. The quantitative estimate of drug-likeness (QED) is 0.509. The third kappa shape index (κ3) is 5.17. The first-order chi connectivity index (χ1) is 15.2. The van der Waals surface area contributed by atoms with Gasteiger partial charge in [0.15, 0.2) is 5.69 Å². The molecule has 3 aromatic rings. The number of nitrogens with zero attached hydrogens (tertiary/aromatic N) is 1. The minimum Gasteiger partial charge on any atom is -0.394 e. The molecule has 1 aliphatic carbocycles. The zero-order valence-corrected chi connectivity index (χ0v) is 18.2. The molecule has 0 unspecified atom stereocenters. The molecule has 0 fully saturated rings. The predicted molar refractivity (Wildman–Crippen MR) is 122 cm³/mol. The van der Waals surface area contributed by atoms with Gasteiger partial charge in [-0.3, -0.25) is 9.89 Å². The number of nitrogens with one attached hydrogen (secondary N) is 2. The summed E-state index contributed by atoms with van der Waals surface area (Å²) in [6.45, 7) is -0.167. The number of aromatic nitrogens is 2. The van der Waals surface area contributed by atoms with E-state index in [1.54, 1.807) is 0 Å². The number of aliphatic hydroxyl groups is 1. The molecule has 5 nitrogen and oxygen atoms in total. The Balaban J connectivity index is 1.58. The van der Waals surface area contributed by atoms with Crippen LogP contribution in [-0.4, -0.2) is 27.8 Å². The first-order valence-electron chi connectivity index (χ1n) is 10.9. The molecule has 1 aromatic heterocycles. The highest BCUT2D eigenvalue weighted by Gasteiger charge is 2.27. The van der Waals surface area contributed by atoms with Crippen molar-refractivity contribution in [2.24, 2.45) is 0 Å². The lowest BCUT2D eigenvalue weighted by Crippen LogP contribution is -2.31. The molecule has 6 heteroatoms. The largest absolute Gasteiger partial charge is 0.394 e. The summed E-state index contributed by atoms with van der Waals surface area (Å²) in [6.07, 6.45) is 6.08. The number of H-pyrrole nitrogens is 1. The molecule has 0 radical (unpaired) electrons. The Morgan fingerprint density at radius 3 is 2.77 bits per heavy atom. The topological polar surface area (TPSA) is 78.0 Å². The second-order valence-electron chi connectivity index (χ2n) is 8.21. The van der Waals surface area contributed by atoms with Gasteiger partial charge in [-0.2, -0.15) is 5.10 Å². The third-order valence-corrected chi connectivity index (χ3v) is 6.30. The first-order valence-corrected chi connectivity index (χ1v) is 11.3. The van der Waals surface area contributed by atoms with E-state index < -0.39 is 6.04 Å². The van der Waals surface area contributed by atoms with Crippen molar-refractivity contribution in [1.29, 1.82) is 0 Å². The van der Waals surface area contributed by atoms with Crippen LogP contribution in [-0.2, 0) is 12.8 Å². The summed E-state index contributed by atoms with van der Waals surface area (Å²) in [7, 11) is 0. The van der Waals surface area contributed by atoms with Crippen molar-refractivity contribution in [3.63, 3.8) is 0 Å². The van der Waals surface area contributed by atoms with Crippen LogP contribution in [0, 0.1) is 0 Å². The van der Waals surface area contributed by atoms with Gasteiger partial charge in [0.05, 0.1) is 12.6 Å². The van der Waals surface area contributed by atoms with Gasteiger partial charge in [0, 0.05) is 22.2 Å². The van der Waals surface area contributed by atoms with Gasteiger partial charge in [0.25, 0.3) is 5.91 Å². The molecule has 162 valence electrons. The van der Waals surface area contributed by atoms with Crippen LogP contribution in [0.1, 0.15) is 70.5 Å². The number of benzene rings is 2. The predicted octanol–water partition coefficient (Wildman–Crippen LogP) is 4.97. The van der Waals surface area contributed by atoms with Gasteiger partial charge in [-0.15, -0.1) is 0 Å². The molecule has 0 bridgehead atoms. The summed E-state index contributed by atoms with van der Waals surface area (Å²) in [6, 6.07) is 17.0. The minimum absolute atomic E-state index is 0.167. The van der Waals surface area contributed by atoms with Crippen molar-refractivity contribution in [2.45, 2.75) is 50.5 Å². The van der Waals surface area contributed by atoms with Crippen molar-refractivity contribution in [3.8, 4) is 0 Å². The van der Waals surface area contributed by atoms with Gasteiger partial charge < -0.3 is 10.4 Å². The summed E-state index contributed by atoms with van der Waals surface area (Å²) in [5.41, 5.74) is 4.58. The molecule has 31 heavy (non-hydrogen) atoms. The van der Waals surface area contributed by atoms with E-state index in [4.69, 9.17) is 11.6 Å². The van der Waals surface area contributed by atoms with E-state index >= 15 is 0 Å². The average Bonchev–Trinajstić information content (AvgIpc) is 3.18. The summed E-state index contributed by atoms with van der Waals surface area (Å²) in [4.78, 5) is 13.1. The highest BCUT2D eigenvalue weighted by atomic mass is 35.5. The van der Waals surface area contributed by atoms with Crippen LogP contribution in [0.4, 0.5) is 0 Å². The van der Waals surface area contributed by atoms with E-state index in [1.807, 2.05) is 48.5 Å². The van der Waals surface area contributed by atoms with Gasteiger partial charge in [-0.05, 0) is 48.9 Å². The summed E-state index contributed by atoms with van der Waals surface area (Å²) >= 11 is 6.19. The fourth-order valence-corrected chi connectivity index (χ4v) is 4.68. The second-order valence-corrected chi connectivity index (χ2v) is 8.65. The Morgan fingerprint density at radius 1 is 1.16 bits per heavy atom. The monoisotopic (exact) mass is 437 g/mol. The maximum Gasteiger partial charge on any atom is 0.272 e. The first kappa shape index (κ1) is 21.6. The number of carbonyl (C=O) groups is 1. The molecular weight excluding hydrogens is 410 g/mol. The van der Waals surface area contributed by atoms with E-state index in [0.29, 0.717) is 5.69 Å². The van der Waals surface area contributed by atoms with Crippen LogP contribution in [0.3, 0.4) is 0 Å². The van der Waals surface area contributed by atoms with Crippen molar-refractivity contribution in [1.82, 2.24) is 15.5 Å². The van der Waals surface area contributed by atoms with Crippen LogP contribution < -0.4 is 5.32 Å². The standard InChI is InChI=1S/C25H28ClN3O2/c26-20-12-7-8-17(15-20)14-19-11-5-2-6-13-21-23(19)28-29-24(21)25(31)27-22(16-30)18-9-3-1-4-10-18/h1,3-4,7-10,12,15,19,22,30H,2,5-6,11,13-14,16H2,(H,27,31)(H,28,29)/t19-,22+/m0/s1. The summed E-state index contributed by atoms with van der Waals surface area (Å²) in [5, 5.41) is 21.1. The Kier molecular flexibility index (Phi) is 7.05. The number of hydrogen-bond acceptors (Lipinski definition) is 3. The van der Waals surface area contributed by atoms with Crippen molar-refractivity contribution in [3.05, 3.63) is 87.7 Å². The molecule has 0 spiro atoms. The Labute approximate surface area is 187 Å². The van der Waals surface area contributed by atoms with Gasteiger partial charge >= 0.3 is 0 Å². The van der Waals surface area contributed by atoms with Crippen molar-refractivity contribution in [2.75, 3.05) is 6.61 Å². The Morgan fingerprint density at radius 2 is 2.00 bits per heavy atom. The molecule has 2 aromatic carbocycles. The normalized spacial score (nSPS) is 17.3. The molecule has 0 saturated heterocycles. The number of halogens is 1. The number of fused-ring (bicyclic) bond motifs is 1. The molecule has 1 heterocycles. The average molecular weight is 438 g/mol. The van der Waals surface area contributed by atoms with Crippen LogP contribution in [0.2, 0.25) is 5.02 Å². The summed E-state index contributed by atoms with van der Waals surface area (Å²) < 4.78 is 0. The van der Waals surface area contributed by atoms with E-state index in [1.165, 1.54) is 5.56 Å². The smallest absolute Gasteiger partial charge is 0.272 e. The molecule has 1 aliphatic rings. The van der Waals surface area contributed by atoms with Crippen LogP contribution >= 0.6 is 11.6 Å². The van der Waals surface area contributed by atoms with E-state index in [0.717, 1.165) is 60.4 Å². The lowest BCUT2D eigenvalue weighted by molar-refractivity contribution is 0.0910. The van der Waals surface area contributed by atoms with Crippen LogP contribution in [0.25, 0.3) is 0 Å². The van der Waals surface area contributed by atoms with E-state index in [9.17, 15) is 9.90 Å². The number of carbonyl (C=O) groups excluding carboxylic acids is 1. The van der Waals surface area contributed by atoms with Crippen LogP contribution in [0.15, 0.2) is 54.6 Å². The molecule has 2 atom stereocenters. The number of amides is 1. The molecule has 4 rings (SSSR count). The fraction of sp³-hybridized carbons (Fsp3) is 0.360. The zero-order valence-electron chi connectivity index (χ0n) is 17.5. The van der Waals surface area contributed by atoms with Crippen molar-refractivity contribution >= 4 is 17.5 Å². The molecule has 0 saturated carbocycles. The molecular formula is C25H28ClN3O2. The minimum atomic E-state index is -0.461.